The van der Waals surface area contributed by atoms with Gasteiger partial charge >= 0.3 is 0 Å². The van der Waals surface area contributed by atoms with Crippen molar-refractivity contribution in [1.29, 1.82) is 0 Å². The van der Waals surface area contributed by atoms with Gasteiger partial charge in [-0.05, 0) is 0 Å². The molecule has 1 heterocycles. The fraction of sp³-hybridized carbons (Fsp3) is 0.333. The maximum absolute atomic E-state index is 3.74. The Morgan fingerprint density at radius 3 is 3.00 bits per heavy atom. The normalized spacial score (nSPS) is 8.83. The van der Waals surface area contributed by atoms with Crippen LogP contribution >= 0.6 is 11.5 Å². The second-order valence-corrected chi connectivity index (χ2v) is 1.74. The summed E-state index contributed by atoms with van der Waals surface area (Å²) in [5, 5.41) is 4.73. The summed E-state index contributed by atoms with van der Waals surface area (Å²) in [6, 6.07) is 0. The van der Waals surface area contributed by atoms with Crippen LogP contribution in [0.15, 0.2) is 5.38 Å². The molecule has 0 amide bonds. The zero-order valence-electron chi connectivity index (χ0n) is 3.43. The van der Waals surface area contributed by atoms with Gasteiger partial charge in [-0.25, -0.2) is 0 Å². The molecule has 3 heteroatoms. The van der Waals surface area contributed by atoms with E-state index in [1.165, 1.54) is 11.5 Å². The van der Waals surface area contributed by atoms with Crippen molar-refractivity contribution in [3.63, 3.8) is 0 Å². The van der Waals surface area contributed by atoms with Gasteiger partial charge in [0.05, 0.1) is 9.87 Å². The molecule has 6 heavy (non-hydrogen) atoms. The Bertz CT molecular complexity index is 112. The van der Waals surface area contributed by atoms with Gasteiger partial charge in [0, 0.05) is 18.5 Å². The summed E-state index contributed by atoms with van der Waals surface area (Å²) in [5.41, 5.74) is 1.13. The van der Waals surface area contributed by atoms with Crippen LogP contribution in [-0.2, 0) is 0 Å². The fourth-order valence-electron chi connectivity index (χ4n) is 0.230. The Hall–Kier alpha value is -0.440. The van der Waals surface area contributed by atoms with Crippen LogP contribution in [0.4, 0.5) is 0 Å². The van der Waals surface area contributed by atoms with Crippen LogP contribution in [0.1, 0.15) is 5.69 Å². The number of nitrogens with zero attached hydrogens (tertiary/aromatic N) is 1. The first-order valence-electron chi connectivity index (χ1n) is 1.68. The van der Waals surface area contributed by atoms with Crippen LogP contribution in [0.5, 0.6) is 0 Å². The molecule has 1 aromatic rings. The fourth-order valence-corrected chi connectivity index (χ4v) is 0.690. The number of aryl methyl sites for hydroxylation is 1. The Morgan fingerprint density at radius 1 is 2.00 bits per heavy atom. The maximum Gasteiger partial charge on any atom is 0.215 e. The Labute approximate surface area is 40.0 Å². The Morgan fingerprint density at radius 2 is 2.83 bits per heavy atom. The molecule has 0 spiro atoms. The van der Waals surface area contributed by atoms with Crippen molar-refractivity contribution in [3.8, 4) is 0 Å². The molecule has 0 aliphatic rings. The number of nitrogens with one attached hydrogen (secondary N) is 1. The van der Waals surface area contributed by atoms with Crippen molar-refractivity contribution < 1.29 is 5.10 Å². The highest BCUT2D eigenvalue weighted by Crippen LogP contribution is 1.85. The minimum atomic E-state index is 1.13. The number of aromatic amines is 1. The molecular weight excluding hydrogens is 96.1 g/mol. The van der Waals surface area contributed by atoms with E-state index >= 15 is 0 Å². The molecule has 1 aromatic heterocycles. The third-order valence-corrected chi connectivity index (χ3v) is 1.16. The maximum atomic E-state index is 3.74. The van der Waals surface area contributed by atoms with Gasteiger partial charge in [0.2, 0.25) is 5.69 Å². The zero-order chi connectivity index (χ0) is 4.41. The van der Waals surface area contributed by atoms with E-state index < -0.39 is 0 Å². The number of hydrogen-bond donors (Lipinski definition) is 0. The van der Waals surface area contributed by atoms with E-state index in [-0.39, 0.29) is 0 Å². The molecule has 0 saturated heterocycles. The Balaban J connectivity index is 3.05. The van der Waals surface area contributed by atoms with E-state index in [4.69, 9.17) is 0 Å². The molecule has 2 nitrogen and oxygen atoms in total. The predicted molar refractivity (Wildman–Crippen MR) is 23.4 cm³/mol. The van der Waals surface area contributed by atoms with Gasteiger partial charge in [-0.3, -0.25) is 0 Å². The molecule has 1 rings (SSSR count). The highest BCUT2D eigenvalue weighted by atomic mass is 32.1. The molecule has 0 bridgehead atoms. The summed E-state index contributed by atoms with van der Waals surface area (Å²) < 4.78 is 3.74. The molecule has 1 N–H and O–H groups in total. The average Bonchev–Trinajstić information content (AvgIpc) is 1.86. The van der Waals surface area contributed by atoms with Crippen LogP contribution in [0.2, 0.25) is 0 Å². The van der Waals surface area contributed by atoms with Crippen molar-refractivity contribution in [1.82, 2.24) is 4.49 Å². The summed E-state index contributed by atoms with van der Waals surface area (Å²) >= 11 is 1.43. The van der Waals surface area contributed by atoms with Crippen molar-refractivity contribution >= 4 is 11.5 Å². The first kappa shape index (κ1) is 3.74. The van der Waals surface area contributed by atoms with Gasteiger partial charge in [0.15, 0.2) is 0 Å². The van der Waals surface area contributed by atoms with Crippen LogP contribution in [0.3, 0.4) is 0 Å². The third kappa shape index (κ3) is 0.542. The predicted octanol–water partition coefficient (Wildman–Crippen LogP) is 0.266. The first-order valence-corrected chi connectivity index (χ1v) is 2.52. The van der Waals surface area contributed by atoms with Crippen LogP contribution < -0.4 is 5.10 Å². The largest absolute Gasteiger partial charge is 0.215 e. The summed E-state index contributed by atoms with van der Waals surface area (Å²) in [6.07, 6.45) is 0. The molecule has 0 atom stereocenters. The quantitative estimate of drug-likeness (QED) is 0.460. The van der Waals surface area contributed by atoms with Crippen LogP contribution in [-0.4, -0.2) is 4.49 Å². The van der Waals surface area contributed by atoms with E-state index in [1.807, 2.05) is 12.3 Å². The molecule has 0 unspecified atom stereocenters. The van der Waals surface area contributed by atoms with Gasteiger partial charge in [-0.15, -0.1) is 0 Å². The Kier molecular flexibility index (Phi) is 0.837. The van der Waals surface area contributed by atoms with Crippen molar-refractivity contribution in [2.24, 2.45) is 0 Å². The highest BCUT2D eigenvalue weighted by molar-refractivity contribution is 7.03. The van der Waals surface area contributed by atoms with E-state index in [0.717, 1.165) is 5.69 Å². The molecule has 0 aromatic carbocycles. The first-order chi connectivity index (χ1) is 2.89. The topological polar surface area (TPSA) is 27.0 Å². The van der Waals surface area contributed by atoms with E-state index in [9.17, 15) is 0 Å². The lowest BCUT2D eigenvalue weighted by Crippen LogP contribution is -2.02. The smallest absolute Gasteiger partial charge is 0.0919 e. The van der Waals surface area contributed by atoms with Gasteiger partial charge in [-0.2, -0.15) is 0 Å². The lowest BCUT2D eigenvalue weighted by molar-refractivity contribution is -0.451. The van der Waals surface area contributed by atoms with Crippen molar-refractivity contribution in [2.75, 3.05) is 0 Å². The zero-order valence-corrected chi connectivity index (χ0v) is 4.25. The van der Waals surface area contributed by atoms with E-state index in [1.54, 1.807) is 0 Å². The molecule has 0 aliphatic heterocycles. The standard InChI is InChI=1S/C3H4N2S/c1-3-2-6-5-4-3/h2H,1H3/p+1. The van der Waals surface area contributed by atoms with Gasteiger partial charge in [-0.1, -0.05) is 5.10 Å². The van der Waals surface area contributed by atoms with E-state index in [2.05, 4.69) is 9.59 Å². The summed E-state index contributed by atoms with van der Waals surface area (Å²) in [4.78, 5) is 0. The summed E-state index contributed by atoms with van der Waals surface area (Å²) in [5.74, 6) is 0. The van der Waals surface area contributed by atoms with Crippen molar-refractivity contribution in [2.45, 2.75) is 6.92 Å². The lowest BCUT2D eigenvalue weighted by Gasteiger charge is -1.52. The monoisotopic (exact) mass is 101 g/mol. The minimum absolute atomic E-state index is 1.13. The van der Waals surface area contributed by atoms with Gasteiger partial charge < -0.3 is 0 Å². The second kappa shape index (κ2) is 1.34. The van der Waals surface area contributed by atoms with Crippen LogP contribution in [0.25, 0.3) is 0 Å². The molecule has 0 saturated carbocycles. The molecule has 0 aliphatic carbocycles. The van der Waals surface area contributed by atoms with Gasteiger partial charge in [0.1, 0.15) is 0 Å². The SMILES string of the molecule is Cc1csn[nH+]1. The highest BCUT2D eigenvalue weighted by Gasteiger charge is 1.87. The molecule has 0 radical (unpaired) electrons. The lowest BCUT2D eigenvalue weighted by atomic mass is 10.6. The van der Waals surface area contributed by atoms with Crippen molar-refractivity contribution in [3.05, 3.63) is 11.1 Å². The third-order valence-electron chi connectivity index (χ3n) is 0.504. The molecular formula is C3H5N2S+. The molecule has 0 fully saturated rings. The number of rotatable bonds is 0. The van der Waals surface area contributed by atoms with E-state index in [0.29, 0.717) is 0 Å². The number of H-pyrrole nitrogens is 1. The molecule has 32 valence electrons. The van der Waals surface area contributed by atoms with Gasteiger partial charge in [0.25, 0.3) is 0 Å². The summed E-state index contributed by atoms with van der Waals surface area (Å²) in [6.45, 7) is 1.98. The number of aromatic nitrogens is 2. The average molecular weight is 101 g/mol. The second-order valence-electron chi connectivity index (χ2n) is 1.11. The minimum Gasteiger partial charge on any atom is -0.0919 e. The summed E-state index contributed by atoms with van der Waals surface area (Å²) in [7, 11) is 0. The number of hydrogen-bond acceptors (Lipinski definition) is 2. The van der Waals surface area contributed by atoms with Crippen LogP contribution in [0, 0.1) is 6.92 Å².